The van der Waals surface area contributed by atoms with Gasteiger partial charge in [-0.05, 0) is 0 Å². The van der Waals surface area contributed by atoms with Crippen LogP contribution in [0.4, 0.5) is 0 Å². The second-order valence-electron chi connectivity index (χ2n) is 2.88. The van der Waals surface area contributed by atoms with Gasteiger partial charge in [0.2, 0.25) is 0 Å². The molecule has 0 saturated carbocycles. The van der Waals surface area contributed by atoms with Gasteiger partial charge in [-0.3, -0.25) is 4.79 Å². The van der Waals surface area contributed by atoms with Gasteiger partial charge in [0.25, 0.3) is 0 Å². The van der Waals surface area contributed by atoms with E-state index < -0.39 is 5.78 Å². The van der Waals surface area contributed by atoms with Crippen molar-refractivity contribution in [1.82, 2.24) is 9.97 Å². The molecule has 1 aromatic heterocycles. The van der Waals surface area contributed by atoms with Crippen LogP contribution in [0, 0.1) is 6.92 Å². The van der Waals surface area contributed by atoms with E-state index in [1.807, 2.05) is 30.3 Å². The van der Waals surface area contributed by atoms with Crippen molar-refractivity contribution in [2.24, 2.45) is 0 Å². The highest BCUT2D eigenvalue weighted by atomic mass is 16.1. The van der Waals surface area contributed by atoms with E-state index in [4.69, 9.17) is 6.92 Å². The summed E-state index contributed by atoms with van der Waals surface area (Å²) >= 11 is 0. The van der Waals surface area contributed by atoms with Crippen molar-refractivity contribution in [3.8, 4) is 11.4 Å². The maximum absolute atomic E-state index is 10.8. The molecule has 3 heteroatoms. The van der Waals surface area contributed by atoms with Gasteiger partial charge in [-0.25, -0.2) is 4.98 Å². The van der Waals surface area contributed by atoms with Crippen molar-refractivity contribution in [2.75, 3.05) is 0 Å². The lowest BCUT2D eigenvalue weighted by Gasteiger charge is -1.94. The number of H-pyrrole nitrogens is 1. The van der Waals surface area contributed by atoms with Crippen molar-refractivity contribution in [3.05, 3.63) is 49.1 Å². The Kier molecular flexibility index (Phi) is 2.14. The summed E-state index contributed by atoms with van der Waals surface area (Å²) in [5, 5.41) is 0. The Balaban J connectivity index is 2.39. The SMILES string of the molecule is [CH]C(=O)c1cnc(-c2ccccc2)[nH]1. The third-order valence-corrected chi connectivity index (χ3v) is 1.89. The number of hydrogen-bond acceptors (Lipinski definition) is 2. The molecule has 0 fully saturated rings. The Morgan fingerprint density at radius 3 is 2.57 bits per heavy atom. The average Bonchev–Trinajstić information content (AvgIpc) is 2.68. The van der Waals surface area contributed by atoms with Crippen LogP contribution in [0.25, 0.3) is 11.4 Å². The minimum absolute atomic E-state index is 0.323. The van der Waals surface area contributed by atoms with Crippen LogP contribution in [0.2, 0.25) is 0 Å². The number of rotatable bonds is 2. The summed E-state index contributed by atoms with van der Waals surface area (Å²) in [5.41, 5.74) is 1.25. The van der Waals surface area contributed by atoms with Gasteiger partial charge in [-0.1, -0.05) is 30.3 Å². The van der Waals surface area contributed by atoms with Crippen molar-refractivity contribution in [2.45, 2.75) is 0 Å². The molecule has 0 amide bonds. The van der Waals surface area contributed by atoms with Crippen molar-refractivity contribution < 1.29 is 4.79 Å². The molecule has 14 heavy (non-hydrogen) atoms. The van der Waals surface area contributed by atoms with Gasteiger partial charge >= 0.3 is 0 Å². The van der Waals surface area contributed by atoms with Gasteiger partial charge in [0.15, 0.2) is 5.78 Å². The fraction of sp³-hybridized carbons (Fsp3) is 0. The molecule has 68 valence electrons. The molecule has 1 heterocycles. The van der Waals surface area contributed by atoms with Gasteiger partial charge in [0, 0.05) is 12.5 Å². The minimum Gasteiger partial charge on any atom is -0.336 e. The summed E-state index contributed by atoms with van der Waals surface area (Å²) in [4.78, 5) is 17.7. The molecule has 1 aromatic carbocycles. The van der Waals surface area contributed by atoms with E-state index in [1.54, 1.807) is 0 Å². The second kappa shape index (κ2) is 3.46. The largest absolute Gasteiger partial charge is 0.336 e. The number of aromatic amines is 1. The number of aromatic nitrogens is 2. The van der Waals surface area contributed by atoms with Gasteiger partial charge in [-0.15, -0.1) is 0 Å². The Morgan fingerprint density at radius 1 is 1.29 bits per heavy atom. The molecule has 0 aliphatic heterocycles. The van der Waals surface area contributed by atoms with E-state index in [-0.39, 0.29) is 0 Å². The Hall–Kier alpha value is -1.90. The molecular formula is C11H8N2O. The molecule has 2 radical (unpaired) electrons. The molecular weight excluding hydrogens is 176 g/mol. The number of nitrogens with one attached hydrogen (secondary N) is 1. The zero-order valence-electron chi connectivity index (χ0n) is 7.40. The number of carbonyl (C=O) groups is 1. The summed E-state index contributed by atoms with van der Waals surface area (Å²) in [5.74, 6) is 0.152. The second-order valence-corrected chi connectivity index (χ2v) is 2.88. The molecule has 3 nitrogen and oxygen atoms in total. The first-order chi connectivity index (χ1) is 6.77. The molecule has 2 rings (SSSR count). The zero-order chi connectivity index (χ0) is 9.97. The minimum atomic E-state index is -0.500. The van der Waals surface area contributed by atoms with Crippen LogP contribution in [0.15, 0.2) is 36.5 Å². The molecule has 0 atom stereocenters. The smallest absolute Gasteiger partial charge is 0.185 e. The van der Waals surface area contributed by atoms with E-state index in [0.717, 1.165) is 5.56 Å². The predicted molar refractivity (Wildman–Crippen MR) is 52.7 cm³/mol. The third-order valence-electron chi connectivity index (χ3n) is 1.89. The highest BCUT2D eigenvalue weighted by Crippen LogP contribution is 2.14. The van der Waals surface area contributed by atoms with Crippen LogP contribution >= 0.6 is 0 Å². The van der Waals surface area contributed by atoms with Gasteiger partial charge < -0.3 is 4.98 Å². The molecule has 2 aromatic rings. The van der Waals surface area contributed by atoms with Crippen LogP contribution in [-0.2, 0) is 0 Å². The number of hydrogen-bond donors (Lipinski definition) is 1. The normalized spacial score (nSPS) is 10.1. The highest BCUT2D eigenvalue weighted by molar-refractivity contribution is 5.97. The van der Waals surface area contributed by atoms with E-state index in [9.17, 15) is 4.79 Å². The lowest BCUT2D eigenvalue weighted by molar-refractivity contribution is 0.104. The zero-order valence-corrected chi connectivity index (χ0v) is 7.40. The highest BCUT2D eigenvalue weighted by Gasteiger charge is 2.05. The molecule has 0 saturated heterocycles. The van der Waals surface area contributed by atoms with E-state index in [1.165, 1.54) is 6.20 Å². The van der Waals surface area contributed by atoms with Crippen LogP contribution in [0.3, 0.4) is 0 Å². The number of imidazole rings is 1. The van der Waals surface area contributed by atoms with E-state index in [0.29, 0.717) is 11.5 Å². The molecule has 0 unspecified atom stereocenters. The standard InChI is InChI=1S/C11H8N2O/c1-8(14)10-7-12-11(13-10)9-5-3-2-4-6-9/h1-7H,(H,12,13). The van der Waals surface area contributed by atoms with Crippen LogP contribution < -0.4 is 0 Å². The Morgan fingerprint density at radius 2 is 2.00 bits per heavy atom. The number of Topliss-reactive ketones (excluding diaryl/α,β-unsaturated/α-hetero) is 1. The molecule has 0 aliphatic carbocycles. The third kappa shape index (κ3) is 1.57. The maximum atomic E-state index is 10.8. The summed E-state index contributed by atoms with van der Waals surface area (Å²) in [6, 6.07) is 9.54. The fourth-order valence-corrected chi connectivity index (χ4v) is 1.19. The summed E-state index contributed by atoms with van der Waals surface area (Å²) in [7, 11) is 0. The fourth-order valence-electron chi connectivity index (χ4n) is 1.19. The topological polar surface area (TPSA) is 45.8 Å². The lowest BCUT2D eigenvalue weighted by atomic mass is 10.2. The van der Waals surface area contributed by atoms with E-state index >= 15 is 0 Å². The quantitative estimate of drug-likeness (QED) is 0.725. The van der Waals surface area contributed by atoms with Gasteiger partial charge in [0.1, 0.15) is 11.5 Å². The van der Waals surface area contributed by atoms with Crippen LogP contribution in [0.1, 0.15) is 10.5 Å². The average molecular weight is 184 g/mol. The molecule has 0 spiro atoms. The maximum Gasteiger partial charge on any atom is 0.185 e. The first kappa shape index (κ1) is 8.69. The Bertz CT molecular complexity index is 445. The van der Waals surface area contributed by atoms with E-state index in [2.05, 4.69) is 9.97 Å². The number of nitrogens with zero attached hydrogens (tertiary/aromatic N) is 1. The summed E-state index contributed by atoms with van der Waals surface area (Å²) < 4.78 is 0. The van der Waals surface area contributed by atoms with Crippen molar-refractivity contribution >= 4 is 5.78 Å². The number of carbonyl (C=O) groups excluding carboxylic acids is 1. The first-order valence-corrected chi connectivity index (χ1v) is 4.17. The van der Waals surface area contributed by atoms with Crippen LogP contribution in [0.5, 0.6) is 0 Å². The first-order valence-electron chi connectivity index (χ1n) is 4.17. The predicted octanol–water partition coefficient (Wildman–Crippen LogP) is 1.97. The van der Waals surface area contributed by atoms with Crippen molar-refractivity contribution in [1.29, 1.82) is 0 Å². The molecule has 1 N–H and O–H groups in total. The van der Waals surface area contributed by atoms with Gasteiger partial charge in [0.05, 0.1) is 6.20 Å². The summed E-state index contributed by atoms with van der Waals surface area (Å²) in [6.45, 7) is 5.09. The lowest BCUT2D eigenvalue weighted by Crippen LogP contribution is -1.91. The molecule has 0 aliphatic rings. The van der Waals surface area contributed by atoms with Crippen LogP contribution in [-0.4, -0.2) is 15.8 Å². The van der Waals surface area contributed by atoms with Gasteiger partial charge in [-0.2, -0.15) is 0 Å². The Labute approximate surface area is 81.8 Å². The monoisotopic (exact) mass is 184 g/mol. The number of ketones is 1. The molecule has 0 bridgehead atoms. The summed E-state index contributed by atoms with van der Waals surface area (Å²) in [6.07, 6.45) is 1.44. The van der Waals surface area contributed by atoms with Crippen molar-refractivity contribution in [3.63, 3.8) is 0 Å². The number of benzene rings is 1.